The van der Waals surface area contributed by atoms with Gasteiger partial charge in [-0.15, -0.1) is 0 Å². The number of rotatable bonds is 7. The quantitative estimate of drug-likeness (QED) is 0.300. The lowest BCUT2D eigenvalue weighted by Crippen LogP contribution is -2.50. The van der Waals surface area contributed by atoms with Gasteiger partial charge in [-0.25, -0.2) is 4.79 Å². The molecule has 1 amide bonds. The average molecular weight is 500 g/mol. The van der Waals surface area contributed by atoms with Gasteiger partial charge < -0.3 is 18.9 Å². The van der Waals surface area contributed by atoms with Crippen LogP contribution >= 0.6 is 0 Å². The first kappa shape index (κ1) is 26.7. The summed E-state index contributed by atoms with van der Waals surface area (Å²) in [6.07, 6.45) is 6.24. The number of ether oxygens (including phenoxy) is 4. The maximum atomic E-state index is 13.7. The summed E-state index contributed by atoms with van der Waals surface area (Å²) in [5, 5.41) is 0. The van der Waals surface area contributed by atoms with Crippen LogP contribution in [0, 0.1) is 23.7 Å². The maximum absolute atomic E-state index is 13.7. The van der Waals surface area contributed by atoms with E-state index in [1.165, 1.54) is 12.7 Å². The second-order valence-electron chi connectivity index (χ2n) is 11.2. The molecule has 2 bridgehead atoms. The molecule has 7 atom stereocenters. The van der Waals surface area contributed by atoms with E-state index >= 15 is 0 Å². The van der Waals surface area contributed by atoms with Crippen molar-refractivity contribution in [1.29, 1.82) is 0 Å². The Morgan fingerprint density at radius 1 is 1.00 bits per heavy atom. The Kier molecular flexibility index (Phi) is 8.10. The topological polar surface area (TPSA) is 74.3 Å². The zero-order valence-electron chi connectivity index (χ0n) is 22.4. The normalized spacial score (nSPS) is 32.0. The van der Waals surface area contributed by atoms with Crippen LogP contribution in [0.1, 0.15) is 52.0 Å². The lowest BCUT2D eigenvalue weighted by atomic mass is 9.64. The number of hydrogen-bond acceptors (Lipinski definition) is 6. The third-order valence-corrected chi connectivity index (χ3v) is 8.79. The molecule has 7 heteroatoms. The average Bonchev–Trinajstić information content (AvgIpc) is 3.15. The Hall–Kier alpha value is -2.38. The predicted molar refractivity (Wildman–Crippen MR) is 136 cm³/mol. The van der Waals surface area contributed by atoms with Crippen molar-refractivity contribution in [2.24, 2.45) is 23.7 Å². The molecule has 1 aromatic rings. The molecular formula is C29H41NO6. The van der Waals surface area contributed by atoms with Crippen molar-refractivity contribution in [2.45, 2.75) is 76.3 Å². The van der Waals surface area contributed by atoms with E-state index in [0.717, 1.165) is 19.3 Å². The summed E-state index contributed by atoms with van der Waals surface area (Å²) in [7, 11) is 4.53. The van der Waals surface area contributed by atoms with E-state index in [-0.39, 0.29) is 35.4 Å². The molecule has 0 aromatic heterocycles. The van der Waals surface area contributed by atoms with Crippen molar-refractivity contribution in [3.05, 3.63) is 48.0 Å². The number of esters is 1. The van der Waals surface area contributed by atoms with Gasteiger partial charge in [0.25, 0.3) is 0 Å². The van der Waals surface area contributed by atoms with Crippen LogP contribution in [0.4, 0.5) is 4.79 Å². The first-order valence-electron chi connectivity index (χ1n) is 13.1. The van der Waals surface area contributed by atoms with Crippen LogP contribution < -0.4 is 0 Å². The summed E-state index contributed by atoms with van der Waals surface area (Å²) in [5.74, 6) is -0.184. The van der Waals surface area contributed by atoms with Crippen molar-refractivity contribution < 1.29 is 28.5 Å². The second-order valence-corrected chi connectivity index (χ2v) is 11.2. The van der Waals surface area contributed by atoms with Crippen LogP contribution in [0.3, 0.4) is 0 Å². The van der Waals surface area contributed by atoms with Crippen molar-refractivity contribution in [1.82, 2.24) is 4.90 Å². The van der Waals surface area contributed by atoms with Gasteiger partial charge in [0.05, 0.1) is 19.1 Å². The highest BCUT2D eigenvalue weighted by Gasteiger charge is 2.54. The molecule has 36 heavy (non-hydrogen) atoms. The van der Waals surface area contributed by atoms with E-state index < -0.39 is 24.3 Å². The largest absolute Gasteiger partial charge is 0.462 e. The molecule has 0 N–H and O–H groups in total. The zero-order valence-corrected chi connectivity index (χ0v) is 22.4. The van der Waals surface area contributed by atoms with Crippen molar-refractivity contribution >= 4 is 12.1 Å². The molecule has 7 nitrogen and oxygen atoms in total. The molecule has 1 aromatic carbocycles. The Balaban J connectivity index is 1.56. The zero-order chi connectivity index (χ0) is 26.0. The van der Waals surface area contributed by atoms with Gasteiger partial charge in [0, 0.05) is 32.1 Å². The fraction of sp³-hybridized carbons (Fsp3) is 0.655. The van der Waals surface area contributed by atoms with Crippen LogP contribution in [0.5, 0.6) is 0 Å². The van der Waals surface area contributed by atoms with Gasteiger partial charge in [-0.3, -0.25) is 9.69 Å². The predicted octanol–water partition coefficient (Wildman–Crippen LogP) is 4.94. The smallest absolute Gasteiger partial charge is 0.410 e. The van der Waals surface area contributed by atoms with Gasteiger partial charge >= 0.3 is 12.1 Å². The highest BCUT2D eigenvalue weighted by molar-refractivity contribution is 5.78. The number of fused-ring (bicyclic) bond motifs is 2. The summed E-state index contributed by atoms with van der Waals surface area (Å²) < 4.78 is 22.5. The van der Waals surface area contributed by atoms with Gasteiger partial charge in [-0.2, -0.15) is 0 Å². The Bertz CT molecular complexity index is 942. The van der Waals surface area contributed by atoms with Gasteiger partial charge in [-0.1, -0.05) is 69.7 Å². The maximum Gasteiger partial charge on any atom is 0.410 e. The molecule has 2 aliphatic heterocycles. The SMILES string of the molecule is COC(=O)N1[C@@H]2C=C[C@H](C(OC)OC)[C@H]1C[C@@H]2C(=O)O[C@@H]1C[C@H](C)CC[C@H]1C(C)(C)c1ccccc1. The van der Waals surface area contributed by atoms with Crippen molar-refractivity contribution in [2.75, 3.05) is 21.3 Å². The van der Waals surface area contributed by atoms with Crippen molar-refractivity contribution in [3.63, 3.8) is 0 Å². The molecule has 0 radical (unpaired) electrons. The summed E-state index contributed by atoms with van der Waals surface area (Å²) in [6.45, 7) is 6.75. The van der Waals surface area contributed by atoms with E-state index in [1.807, 2.05) is 18.2 Å². The van der Waals surface area contributed by atoms with Gasteiger partial charge in [0.1, 0.15) is 6.10 Å². The summed E-state index contributed by atoms with van der Waals surface area (Å²) in [5.41, 5.74) is 1.13. The van der Waals surface area contributed by atoms with Gasteiger partial charge in [0.15, 0.2) is 6.29 Å². The van der Waals surface area contributed by atoms with Crippen molar-refractivity contribution in [3.8, 4) is 0 Å². The van der Waals surface area contributed by atoms with Gasteiger partial charge in [-0.05, 0) is 36.2 Å². The van der Waals surface area contributed by atoms with Crippen LogP contribution in [-0.2, 0) is 29.2 Å². The molecule has 1 saturated carbocycles. The number of benzene rings is 1. The van der Waals surface area contributed by atoms with E-state index in [1.54, 1.807) is 19.1 Å². The number of nitrogens with zero attached hydrogens (tertiary/aromatic N) is 1. The van der Waals surface area contributed by atoms with E-state index in [4.69, 9.17) is 18.9 Å². The van der Waals surface area contributed by atoms with Crippen LogP contribution in [-0.4, -0.2) is 62.8 Å². The standard InChI is InChI=1S/C29H41NO6/c1-18-12-14-22(29(2,3)19-10-8-7-9-11-19)25(16-18)36-26(31)21-17-24-20(27(33-4)34-5)13-15-23(21)30(24)28(32)35-6/h7-11,13,15,18,20-25,27H,12,14,16-17H2,1-6H3/t18-,20+,21+,22-,23-,24-,25-/m1/s1. The minimum atomic E-state index is -0.524. The molecule has 198 valence electrons. The highest BCUT2D eigenvalue weighted by Crippen LogP contribution is 2.46. The van der Waals surface area contributed by atoms with Crippen LogP contribution in [0.25, 0.3) is 0 Å². The molecule has 3 aliphatic rings. The number of methoxy groups -OCH3 is 3. The molecule has 1 saturated heterocycles. The van der Waals surface area contributed by atoms with E-state index in [2.05, 4.69) is 45.0 Å². The molecule has 0 spiro atoms. The summed E-state index contributed by atoms with van der Waals surface area (Å²) in [6, 6.07) is 9.83. The number of amides is 1. The number of hydrogen-bond donors (Lipinski definition) is 0. The van der Waals surface area contributed by atoms with Crippen LogP contribution in [0.2, 0.25) is 0 Å². The van der Waals surface area contributed by atoms with E-state index in [0.29, 0.717) is 12.3 Å². The summed E-state index contributed by atoms with van der Waals surface area (Å²) >= 11 is 0. The third kappa shape index (κ3) is 4.92. The summed E-state index contributed by atoms with van der Waals surface area (Å²) in [4.78, 5) is 28.2. The first-order chi connectivity index (χ1) is 17.2. The highest BCUT2D eigenvalue weighted by atomic mass is 16.7. The molecular weight excluding hydrogens is 458 g/mol. The molecule has 2 fully saturated rings. The molecule has 4 rings (SSSR count). The minimum Gasteiger partial charge on any atom is -0.462 e. The van der Waals surface area contributed by atoms with Gasteiger partial charge in [0.2, 0.25) is 0 Å². The van der Waals surface area contributed by atoms with E-state index in [9.17, 15) is 9.59 Å². The first-order valence-corrected chi connectivity index (χ1v) is 13.1. The third-order valence-electron chi connectivity index (χ3n) is 8.79. The molecule has 0 unspecified atom stereocenters. The second kappa shape index (κ2) is 10.9. The fourth-order valence-electron chi connectivity index (χ4n) is 6.75. The molecule has 2 heterocycles. The monoisotopic (exact) mass is 499 g/mol. The minimum absolute atomic E-state index is 0.134. The Labute approximate surface area is 215 Å². The lowest BCUT2D eigenvalue weighted by Gasteiger charge is -2.44. The molecule has 1 aliphatic carbocycles. The van der Waals surface area contributed by atoms with Crippen LogP contribution in [0.15, 0.2) is 42.5 Å². The lowest BCUT2D eigenvalue weighted by molar-refractivity contribution is -0.161. The Morgan fingerprint density at radius 2 is 1.69 bits per heavy atom. The Morgan fingerprint density at radius 3 is 2.33 bits per heavy atom. The fourth-order valence-corrected chi connectivity index (χ4v) is 6.75. The number of carbonyl (C=O) groups excluding carboxylic acids is 2. The number of carbonyl (C=O) groups is 2.